The Balaban J connectivity index is 1.96. The monoisotopic (exact) mass is 383 g/mol. The Kier molecular flexibility index (Phi) is 4.31. The number of aryl methyl sites for hydroxylation is 2. The molecule has 2 aromatic heterocycles. The molecule has 0 fully saturated rings. The molecule has 0 amide bonds. The van der Waals surface area contributed by atoms with E-state index in [4.69, 9.17) is 21.3 Å². The highest BCUT2D eigenvalue weighted by Crippen LogP contribution is 2.32. The Labute approximate surface area is 161 Å². The lowest BCUT2D eigenvalue weighted by atomic mass is 10.1. The molecule has 3 heterocycles. The summed E-state index contributed by atoms with van der Waals surface area (Å²) in [6.07, 6.45) is 3.80. The van der Waals surface area contributed by atoms with Crippen molar-refractivity contribution in [3.8, 4) is 5.69 Å². The number of carbonyl (C=O) groups excluding carboxylic acids is 1. The molecule has 0 aliphatic carbocycles. The maximum atomic E-state index is 12.0. The standard InChI is InChI=1S/C19H18ClN5O2/c1-11-9-21-19-14(8-16(26)27-3)22-17(12-4-6-13(20)7-5-12)18-15(25(11)19)10-24(2)23-18/h4-7,9-10,14H,8H2,1-3H3/t14-/m0/s1. The van der Waals surface area contributed by atoms with Gasteiger partial charge in [-0.3, -0.25) is 19.0 Å². The van der Waals surface area contributed by atoms with Gasteiger partial charge in [0.2, 0.25) is 0 Å². The van der Waals surface area contributed by atoms with Crippen molar-refractivity contribution in [2.45, 2.75) is 19.4 Å². The lowest BCUT2D eigenvalue weighted by molar-refractivity contribution is -0.141. The lowest BCUT2D eigenvalue weighted by Gasteiger charge is -2.12. The number of esters is 1. The molecule has 0 saturated carbocycles. The number of imidazole rings is 1. The zero-order chi connectivity index (χ0) is 19.1. The minimum atomic E-state index is -0.476. The van der Waals surface area contributed by atoms with Crippen LogP contribution < -0.4 is 0 Å². The molecular weight excluding hydrogens is 366 g/mol. The molecular formula is C19H18ClN5O2. The van der Waals surface area contributed by atoms with Crippen molar-refractivity contribution in [3.63, 3.8) is 0 Å². The number of nitrogens with zero attached hydrogens (tertiary/aromatic N) is 5. The number of carbonyl (C=O) groups is 1. The minimum Gasteiger partial charge on any atom is -0.469 e. The predicted molar refractivity (Wildman–Crippen MR) is 102 cm³/mol. The molecule has 4 rings (SSSR count). The fraction of sp³-hybridized carbons (Fsp3) is 0.263. The highest BCUT2D eigenvalue weighted by atomic mass is 35.5. The molecule has 8 heteroatoms. The molecule has 0 saturated heterocycles. The first kappa shape index (κ1) is 17.5. The van der Waals surface area contributed by atoms with E-state index in [1.54, 1.807) is 10.9 Å². The summed E-state index contributed by atoms with van der Waals surface area (Å²) < 4.78 is 8.62. The zero-order valence-corrected chi connectivity index (χ0v) is 15.9. The first-order valence-corrected chi connectivity index (χ1v) is 8.85. The van der Waals surface area contributed by atoms with E-state index in [0.717, 1.165) is 22.6 Å². The first-order valence-electron chi connectivity index (χ1n) is 8.47. The lowest BCUT2D eigenvalue weighted by Crippen LogP contribution is -2.12. The summed E-state index contributed by atoms with van der Waals surface area (Å²) >= 11 is 6.04. The summed E-state index contributed by atoms with van der Waals surface area (Å²) in [6.45, 7) is 1.97. The maximum absolute atomic E-state index is 12.0. The number of ether oxygens (including phenoxy) is 1. The Hall–Kier alpha value is -2.93. The number of benzene rings is 1. The van der Waals surface area contributed by atoms with Crippen LogP contribution in [0.1, 0.15) is 35.2 Å². The van der Waals surface area contributed by atoms with Gasteiger partial charge in [0.1, 0.15) is 17.6 Å². The normalized spacial score (nSPS) is 15.6. The van der Waals surface area contributed by atoms with Gasteiger partial charge in [0, 0.05) is 35.7 Å². The van der Waals surface area contributed by atoms with Crippen LogP contribution in [0.2, 0.25) is 5.02 Å². The average molecular weight is 384 g/mol. The van der Waals surface area contributed by atoms with Gasteiger partial charge in [-0.1, -0.05) is 23.7 Å². The van der Waals surface area contributed by atoms with Crippen molar-refractivity contribution >= 4 is 23.3 Å². The fourth-order valence-corrected chi connectivity index (χ4v) is 3.41. The smallest absolute Gasteiger partial charge is 0.308 e. The molecule has 0 radical (unpaired) electrons. The Morgan fingerprint density at radius 2 is 2.04 bits per heavy atom. The number of fused-ring (bicyclic) bond motifs is 3. The van der Waals surface area contributed by atoms with E-state index in [0.29, 0.717) is 16.6 Å². The van der Waals surface area contributed by atoms with Crippen molar-refractivity contribution in [1.82, 2.24) is 19.3 Å². The first-order chi connectivity index (χ1) is 13.0. The Morgan fingerprint density at radius 3 is 2.74 bits per heavy atom. The second-order valence-electron chi connectivity index (χ2n) is 6.41. The van der Waals surface area contributed by atoms with Crippen LogP contribution in [-0.4, -0.2) is 38.1 Å². The van der Waals surface area contributed by atoms with Gasteiger partial charge in [0.05, 0.1) is 24.9 Å². The van der Waals surface area contributed by atoms with Gasteiger partial charge in [-0.15, -0.1) is 0 Å². The largest absolute Gasteiger partial charge is 0.469 e. The summed E-state index contributed by atoms with van der Waals surface area (Å²) in [5.41, 5.74) is 4.12. The van der Waals surface area contributed by atoms with E-state index in [-0.39, 0.29) is 12.4 Å². The van der Waals surface area contributed by atoms with Gasteiger partial charge in [0.15, 0.2) is 0 Å². The molecule has 0 spiro atoms. The predicted octanol–water partition coefficient (Wildman–Crippen LogP) is 3.02. The van der Waals surface area contributed by atoms with E-state index < -0.39 is 6.04 Å². The number of hydrogen-bond acceptors (Lipinski definition) is 5. The topological polar surface area (TPSA) is 74.3 Å². The number of halogens is 1. The number of aromatic nitrogens is 4. The third-order valence-electron chi connectivity index (χ3n) is 4.53. The van der Waals surface area contributed by atoms with Gasteiger partial charge < -0.3 is 4.74 Å². The quantitative estimate of drug-likeness (QED) is 0.651. The minimum absolute atomic E-state index is 0.0977. The summed E-state index contributed by atoms with van der Waals surface area (Å²) in [5, 5.41) is 5.28. The van der Waals surface area contributed by atoms with Crippen molar-refractivity contribution in [1.29, 1.82) is 0 Å². The fourth-order valence-electron chi connectivity index (χ4n) is 3.28. The summed E-state index contributed by atoms with van der Waals surface area (Å²) in [4.78, 5) is 21.4. The molecule has 0 bridgehead atoms. The molecule has 138 valence electrons. The maximum Gasteiger partial charge on any atom is 0.308 e. The third kappa shape index (κ3) is 3.04. The number of aliphatic imine (C=N–C) groups is 1. The summed E-state index contributed by atoms with van der Waals surface area (Å²) in [7, 11) is 3.24. The highest BCUT2D eigenvalue weighted by molar-refractivity contribution is 6.30. The Morgan fingerprint density at radius 1 is 1.30 bits per heavy atom. The molecule has 1 aromatic carbocycles. The van der Waals surface area contributed by atoms with Gasteiger partial charge in [-0.2, -0.15) is 5.10 Å². The van der Waals surface area contributed by atoms with Crippen LogP contribution in [0, 0.1) is 6.92 Å². The van der Waals surface area contributed by atoms with E-state index in [2.05, 4.69) is 10.1 Å². The van der Waals surface area contributed by atoms with Gasteiger partial charge >= 0.3 is 5.97 Å². The number of hydrogen-bond donors (Lipinski definition) is 0. The van der Waals surface area contributed by atoms with Crippen LogP contribution in [-0.2, 0) is 16.6 Å². The SMILES string of the molecule is COC(=O)C[C@@H]1N=C(c2ccc(Cl)cc2)c2nn(C)cc2-n2c(C)cnc21. The molecule has 7 nitrogen and oxygen atoms in total. The molecule has 0 unspecified atom stereocenters. The number of methoxy groups -OCH3 is 1. The van der Waals surface area contributed by atoms with Crippen molar-refractivity contribution in [2.24, 2.45) is 12.0 Å². The summed E-state index contributed by atoms with van der Waals surface area (Å²) in [5.74, 6) is 0.350. The second-order valence-corrected chi connectivity index (χ2v) is 6.85. The molecule has 3 aromatic rings. The average Bonchev–Trinajstić information content (AvgIpc) is 3.18. The van der Waals surface area contributed by atoms with E-state index >= 15 is 0 Å². The molecule has 1 atom stereocenters. The van der Waals surface area contributed by atoms with Gasteiger partial charge in [-0.05, 0) is 19.1 Å². The van der Waals surface area contributed by atoms with Crippen LogP contribution >= 0.6 is 11.6 Å². The van der Waals surface area contributed by atoms with Crippen LogP contribution in [0.3, 0.4) is 0 Å². The molecule has 27 heavy (non-hydrogen) atoms. The number of rotatable bonds is 3. The van der Waals surface area contributed by atoms with Gasteiger partial charge in [0.25, 0.3) is 0 Å². The third-order valence-corrected chi connectivity index (χ3v) is 4.78. The molecule has 1 aliphatic rings. The van der Waals surface area contributed by atoms with E-state index in [1.807, 2.05) is 49.0 Å². The Bertz CT molecular complexity index is 1050. The van der Waals surface area contributed by atoms with Crippen molar-refractivity contribution < 1.29 is 9.53 Å². The van der Waals surface area contributed by atoms with Crippen LogP contribution in [0.25, 0.3) is 5.69 Å². The van der Waals surface area contributed by atoms with Crippen LogP contribution in [0.5, 0.6) is 0 Å². The van der Waals surface area contributed by atoms with Crippen molar-refractivity contribution in [3.05, 3.63) is 64.5 Å². The van der Waals surface area contributed by atoms with Crippen LogP contribution in [0.15, 0.2) is 41.7 Å². The van der Waals surface area contributed by atoms with Crippen molar-refractivity contribution in [2.75, 3.05) is 7.11 Å². The van der Waals surface area contributed by atoms with E-state index in [1.165, 1.54) is 7.11 Å². The highest BCUT2D eigenvalue weighted by Gasteiger charge is 2.30. The summed E-state index contributed by atoms with van der Waals surface area (Å²) in [6, 6.07) is 6.94. The van der Waals surface area contributed by atoms with Gasteiger partial charge in [-0.25, -0.2) is 4.98 Å². The van der Waals surface area contributed by atoms with Crippen LogP contribution in [0.4, 0.5) is 0 Å². The zero-order valence-electron chi connectivity index (χ0n) is 15.2. The second kappa shape index (κ2) is 6.66. The molecule has 1 aliphatic heterocycles. The molecule has 0 N–H and O–H groups in total. The van der Waals surface area contributed by atoms with E-state index in [9.17, 15) is 4.79 Å².